The number of benzene rings is 1. The van der Waals surface area contributed by atoms with Crippen LogP contribution in [0, 0.1) is 6.92 Å². The first-order chi connectivity index (χ1) is 7.97. The molecule has 0 aliphatic carbocycles. The number of hydrogen-bond donors (Lipinski definition) is 1. The van der Waals surface area contributed by atoms with Crippen LogP contribution in [0.1, 0.15) is 12.5 Å². The van der Waals surface area contributed by atoms with Gasteiger partial charge in [0.1, 0.15) is 5.76 Å². The molecule has 0 atom stereocenters. The van der Waals surface area contributed by atoms with Crippen LogP contribution >= 0.6 is 0 Å². The highest BCUT2D eigenvalue weighted by atomic mass is 16.5. The summed E-state index contributed by atoms with van der Waals surface area (Å²) < 4.78 is 4.64. The van der Waals surface area contributed by atoms with Crippen molar-refractivity contribution in [3.63, 3.8) is 0 Å². The Hall–Kier alpha value is -1.97. The highest BCUT2D eigenvalue weighted by Gasteiger charge is 2.19. The smallest absolute Gasteiger partial charge is 0.358 e. The molecule has 17 heavy (non-hydrogen) atoms. The van der Waals surface area contributed by atoms with Gasteiger partial charge < -0.3 is 14.7 Å². The Labute approximate surface area is 101 Å². The number of rotatable bonds is 3. The van der Waals surface area contributed by atoms with Gasteiger partial charge in [0.25, 0.3) is 0 Å². The average molecular weight is 235 g/mol. The van der Waals surface area contributed by atoms with E-state index in [1.165, 1.54) is 14.0 Å². The minimum atomic E-state index is -0.562. The molecule has 0 aromatic heterocycles. The summed E-state index contributed by atoms with van der Waals surface area (Å²) in [5, 5.41) is 9.54. The molecule has 1 rings (SSSR count). The maximum absolute atomic E-state index is 11.6. The van der Waals surface area contributed by atoms with E-state index in [-0.39, 0.29) is 11.5 Å². The summed E-state index contributed by atoms with van der Waals surface area (Å²) in [6.45, 7) is 3.44. The van der Waals surface area contributed by atoms with E-state index in [2.05, 4.69) is 4.74 Å². The number of esters is 1. The summed E-state index contributed by atoms with van der Waals surface area (Å²) >= 11 is 0. The molecule has 1 N–H and O–H groups in total. The van der Waals surface area contributed by atoms with Crippen LogP contribution in [-0.4, -0.2) is 25.2 Å². The summed E-state index contributed by atoms with van der Waals surface area (Å²) in [4.78, 5) is 13.2. The van der Waals surface area contributed by atoms with Gasteiger partial charge >= 0.3 is 5.97 Å². The second-order valence-electron chi connectivity index (χ2n) is 3.82. The molecule has 4 heteroatoms. The Morgan fingerprint density at radius 2 is 1.82 bits per heavy atom. The molecule has 0 amide bonds. The minimum Gasteiger partial charge on any atom is -0.510 e. The molecule has 1 aromatic carbocycles. The van der Waals surface area contributed by atoms with E-state index in [0.717, 1.165) is 11.3 Å². The number of allylic oxidation sites excluding steroid dienone is 1. The summed E-state index contributed by atoms with van der Waals surface area (Å²) in [6.07, 6.45) is 0. The highest BCUT2D eigenvalue weighted by molar-refractivity contribution is 5.92. The Kier molecular flexibility index (Phi) is 4.15. The predicted octanol–water partition coefficient (Wildman–Crippen LogP) is 2.39. The summed E-state index contributed by atoms with van der Waals surface area (Å²) in [5.41, 5.74) is 2.08. The number of carbonyl (C=O) groups is 1. The van der Waals surface area contributed by atoms with Gasteiger partial charge in [0, 0.05) is 12.7 Å². The molecular weight excluding hydrogens is 218 g/mol. The van der Waals surface area contributed by atoms with E-state index in [1.807, 2.05) is 31.2 Å². The third-order valence-electron chi connectivity index (χ3n) is 2.48. The van der Waals surface area contributed by atoms with Crippen LogP contribution in [0.3, 0.4) is 0 Å². The number of ether oxygens (including phenoxy) is 1. The van der Waals surface area contributed by atoms with Gasteiger partial charge in [-0.05, 0) is 26.0 Å². The molecule has 0 aliphatic heterocycles. The number of carbonyl (C=O) groups excluding carboxylic acids is 1. The van der Waals surface area contributed by atoms with E-state index in [0.29, 0.717) is 0 Å². The van der Waals surface area contributed by atoms with Gasteiger partial charge in [-0.2, -0.15) is 0 Å². The molecule has 0 fully saturated rings. The Morgan fingerprint density at radius 3 is 2.24 bits per heavy atom. The zero-order chi connectivity index (χ0) is 13.0. The van der Waals surface area contributed by atoms with Crippen molar-refractivity contribution in [2.24, 2.45) is 0 Å². The van der Waals surface area contributed by atoms with Crippen molar-refractivity contribution in [2.75, 3.05) is 19.1 Å². The third kappa shape index (κ3) is 3.00. The summed E-state index contributed by atoms with van der Waals surface area (Å²) in [7, 11) is 2.99. The highest BCUT2D eigenvalue weighted by Crippen LogP contribution is 2.20. The van der Waals surface area contributed by atoms with Crippen LogP contribution in [0.25, 0.3) is 0 Å². The maximum atomic E-state index is 11.6. The second-order valence-corrected chi connectivity index (χ2v) is 3.82. The van der Waals surface area contributed by atoms with Crippen LogP contribution in [0.4, 0.5) is 5.69 Å². The largest absolute Gasteiger partial charge is 0.510 e. The lowest BCUT2D eigenvalue weighted by Crippen LogP contribution is -2.25. The molecule has 0 saturated heterocycles. The third-order valence-corrected chi connectivity index (χ3v) is 2.48. The second kappa shape index (κ2) is 5.39. The van der Waals surface area contributed by atoms with Crippen molar-refractivity contribution in [3.8, 4) is 0 Å². The lowest BCUT2D eigenvalue weighted by atomic mass is 10.2. The van der Waals surface area contributed by atoms with Gasteiger partial charge in [-0.15, -0.1) is 0 Å². The SMILES string of the molecule is COC(=O)/C(=C(\C)O)N(C)c1ccc(C)cc1. The Bertz CT molecular complexity index is 430. The number of anilines is 1. The molecular formula is C13H17NO3. The molecule has 1 aromatic rings. The number of aliphatic hydroxyl groups excluding tert-OH is 1. The van der Waals surface area contributed by atoms with Crippen LogP contribution in [-0.2, 0) is 9.53 Å². The molecule has 0 bridgehead atoms. The molecule has 0 radical (unpaired) electrons. The van der Waals surface area contributed by atoms with Crippen LogP contribution in [0.5, 0.6) is 0 Å². The average Bonchev–Trinajstić information content (AvgIpc) is 2.29. The number of aryl methyl sites for hydroxylation is 1. The topological polar surface area (TPSA) is 49.8 Å². The first-order valence-electron chi connectivity index (χ1n) is 5.26. The monoisotopic (exact) mass is 235 g/mol. The maximum Gasteiger partial charge on any atom is 0.358 e. The summed E-state index contributed by atoms with van der Waals surface area (Å²) in [5.74, 6) is -0.631. The van der Waals surface area contributed by atoms with Gasteiger partial charge in [-0.25, -0.2) is 4.79 Å². The van der Waals surface area contributed by atoms with Crippen LogP contribution < -0.4 is 4.90 Å². The zero-order valence-electron chi connectivity index (χ0n) is 10.5. The first kappa shape index (κ1) is 13.1. The van der Waals surface area contributed by atoms with E-state index in [4.69, 9.17) is 0 Å². The van der Waals surface area contributed by atoms with Gasteiger partial charge in [0.05, 0.1) is 7.11 Å². The lowest BCUT2D eigenvalue weighted by molar-refractivity contribution is -0.136. The lowest BCUT2D eigenvalue weighted by Gasteiger charge is -2.21. The fourth-order valence-electron chi connectivity index (χ4n) is 1.52. The number of methoxy groups -OCH3 is 1. The number of nitrogens with zero attached hydrogens (tertiary/aromatic N) is 1. The molecule has 4 nitrogen and oxygen atoms in total. The zero-order valence-corrected chi connectivity index (χ0v) is 10.5. The van der Waals surface area contributed by atoms with Crippen molar-refractivity contribution >= 4 is 11.7 Å². The Morgan fingerprint density at radius 1 is 1.29 bits per heavy atom. The minimum absolute atomic E-state index is 0.0695. The number of likely N-dealkylation sites (N-methyl/N-ethyl adjacent to an activating group) is 1. The van der Waals surface area contributed by atoms with E-state index in [1.54, 1.807) is 11.9 Å². The normalized spacial score (nSPS) is 11.8. The predicted molar refractivity (Wildman–Crippen MR) is 66.9 cm³/mol. The van der Waals surface area contributed by atoms with Crippen LogP contribution in [0.15, 0.2) is 35.7 Å². The van der Waals surface area contributed by atoms with Gasteiger partial charge in [0.15, 0.2) is 5.70 Å². The van der Waals surface area contributed by atoms with Crippen LogP contribution in [0.2, 0.25) is 0 Å². The number of hydrogen-bond acceptors (Lipinski definition) is 4. The Balaban J connectivity index is 3.09. The van der Waals surface area contributed by atoms with E-state index in [9.17, 15) is 9.90 Å². The fourth-order valence-corrected chi connectivity index (χ4v) is 1.52. The van der Waals surface area contributed by atoms with Gasteiger partial charge in [-0.3, -0.25) is 0 Å². The van der Waals surface area contributed by atoms with Crippen molar-refractivity contribution < 1.29 is 14.6 Å². The standard InChI is InChI=1S/C13H17NO3/c1-9-5-7-11(8-6-9)14(3)12(10(2)15)13(16)17-4/h5-8,15H,1-4H3/b12-10-. The van der Waals surface area contributed by atoms with Crippen molar-refractivity contribution in [3.05, 3.63) is 41.3 Å². The number of aliphatic hydroxyl groups is 1. The molecule has 92 valence electrons. The van der Waals surface area contributed by atoms with E-state index >= 15 is 0 Å². The molecule has 0 aliphatic rings. The van der Waals surface area contributed by atoms with E-state index < -0.39 is 5.97 Å². The molecule has 0 saturated carbocycles. The van der Waals surface area contributed by atoms with Crippen molar-refractivity contribution in [1.82, 2.24) is 0 Å². The van der Waals surface area contributed by atoms with Gasteiger partial charge in [0.2, 0.25) is 0 Å². The summed E-state index contributed by atoms with van der Waals surface area (Å²) in [6, 6.07) is 7.63. The first-order valence-corrected chi connectivity index (χ1v) is 5.26. The van der Waals surface area contributed by atoms with Crippen molar-refractivity contribution in [1.29, 1.82) is 0 Å². The fraction of sp³-hybridized carbons (Fsp3) is 0.308. The molecule has 0 heterocycles. The molecule has 0 unspecified atom stereocenters. The molecule has 0 spiro atoms. The quantitative estimate of drug-likeness (QED) is 0.496. The van der Waals surface area contributed by atoms with Gasteiger partial charge in [-0.1, -0.05) is 17.7 Å². The van der Waals surface area contributed by atoms with Crippen molar-refractivity contribution in [2.45, 2.75) is 13.8 Å².